The van der Waals surface area contributed by atoms with Crippen molar-refractivity contribution in [2.45, 2.75) is 59.4 Å². The molecule has 1 aliphatic heterocycles. The SMILES string of the molecule is CCC(C)[C@H](N)C(=O)N1CCN(c2ccc3cc(CC(=S)CCCN(CC)CC)ccc3n2)CC1. The number of benzene rings is 1. The summed E-state index contributed by atoms with van der Waals surface area (Å²) in [5.74, 6) is 1.24. The highest BCUT2D eigenvalue weighted by molar-refractivity contribution is 7.80. The Bertz CT molecular complexity index is 984. The minimum atomic E-state index is -0.408. The van der Waals surface area contributed by atoms with E-state index in [-0.39, 0.29) is 11.8 Å². The number of amides is 1. The number of hydrogen-bond acceptors (Lipinski definition) is 6. The van der Waals surface area contributed by atoms with Crippen LogP contribution in [0.2, 0.25) is 0 Å². The van der Waals surface area contributed by atoms with Gasteiger partial charge in [0.2, 0.25) is 5.91 Å². The van der Waals surface area contributed by atoms with Gasteiger partial charge in [0.1, 0.15) is 5.82 Å². The molecule has 0 spiro atoms. The van der Waals surface area contributed by atoms with Crippen LogP contribution in [0.5, 0.6) is 0 Å². The number of pyridine rings is 1. The predicted octanol–water partition coefficient (Wildman–Crippen LogP) is 4.29. The van der Waals surface area contributed by atoms with Crippen molar-refractivity contribution >= 4 is 39.7 Å². The third-order valence-corrected chi connectivity index (χ3v) is 7.77. The maximum Gasteiger partial charge on any atom is 0.239 e. The summed E-state index contributed by atoms with van der Waals surface area (Å²) in [6.45, 7) is 14.8. The molecule has 2 aromatic rings. The van der Waals surface area contributed by atoms with Crippen molar-refractivity contribution in [2.24, 2.45) is 11.7 Å². The highest BCUT2D eigenvalue weighted by Crippen LogP contribution is 2.22. The summed E-state index contributed by atoms with van der Waals surface area (Å²) in [6, 6.07) is 10.3. The molecule has 2 atom stereocenters. The van der Waals surface area contributed by atoms with Crippen LogP contribution in [0.15, 0.2) is 30.3 Å². The van der Waals surface area contributed by atoms with Gasteiger partial charge >= 0.3 is 0 Å². The standard InChI is InChI=1S/C28H43N5OS/c1-5-21(4)27(29)28(34)33-17-15-32(16-18-33)26-13-11-23-19-22(10-12-25(23)30-26)20-24(35)9-8-14-31(6-2)7-3/h10-13,19,21,27H,5-9,14-18,20,29H2,1-4H3/t21?,27-/m0/s1. The zero-order chi connectivity index (χ0) is 25.4. The number of aromatic nitrogens is 1. The smallest absolute Gasteiger partial charge is 0.239 e. The number of rotatable bonds is 12. The monoisotopic (exact) mass is 497 g/mol. The fourth-order valence-electron chi connectivity index (χ4n) is 4.67. The second-order valence-electron chi connectivity index (χ2n) is 9.77. The number of nitrogens with zero attached hydrogens (tertiary/aromatic N) is 4. The largest absolute Gasteiger partial charge is 0.353 e. The molecule has 1 unspecified atom stereocenters. The van der Waals surface area contributed by atoms with E-state index in [4.69, 9.17) is 22.9 Å². The van der Waals surface area contributed by atoms with Crippen LogP contribution in [-0.4, -0.2) is 77.4 Å². The number of carbonyl (C=O) groups is 1. The van der Waals surface area contributed by atoms with Gasteiger partial charge in [0.15, 0.2) is 0 Å². The number of nitrogens with two attached hydrogens (primary N) is 1. The Labute approximate surface area is 216 Å². The summed E-state index contributed by atoms with van der Waals surface area (Å²) in [5, 5.41) is 1.14. The Hall–Kier alpha value is -2.09. The van der Waals surface area contributed by atoms with Crippen molar-refractivity contribution in [1.29, 1.82) is 0 Å². The van der Waals surface area contributed by atoms with Gasteiger partial charge in [-0.1, -0.05) is 52.4 Å². The molecule has 1 aromatic carbocycles. The first-order valence-corrected chi connectivity index (χ1v) is 13.7. The molecule has 2 N–H and O–H groups in total. The van der Waals surface area contributed by atoms with Crippen molar-refractivity contribution < 1.29 is 4.79 Å². The molecule has 0 saturated carbocycles. The molecule has 0 aliphatic carbocycles. The molecular formula is C28H43N5OS. The van der Waals surface area contributed by atoms with Crippen LogP contribution in [0.25, 0.3) is 10.9 Å². The zero-order valence-electron chi connectivity index (χ0n) is 22.0. The molecule has 1 aliphatic rings. The van der Waals surface area contributed by atoms with Crippen molar-refractivity contribution in [3.8, 4) is 0 Å². The van der Waals surface area contributed by atoms with Gasteiger partial charge < -0.3 is 20.4 Å². The van der Waals surface area contributed by atoms with Gasteiger partial charge in [-0.3, -0.25) is 4.79 Å². The summed E-state index contributed by atoms with van der Waals surface area (Å²) >= 11 is 5.68. The topological polar surface area (TPSA) is 65.7 Å². The van der Waals surface area contributed by atoms with Crippen LogP contribution < -0.4 is 10.6 Å². The molecule has 0 bridgehead atoms. The van der Waals surface area contributed by atoms with Crippen molar-refractivity contribution in [1.82, 2.24) is 14.8 Å². The van der Waals surface area contributed by atoms with Gasteiger partial charge in [0, 0.05) is 38.0 Å². The fraction of sp³-hybridized carbons (Fsp3) is 0.607. The number of piperazine rings is 1. The Kier molecular flexibility index (Phi) is 10.4. The highest BCUT2D eigenvalue weighted by atomic mass is 32.1. The minimum Gasteiger partial charge on any atom is -0.353 e. The van der Waals surface area contributed by atoms with E-state index in [0.717, 1.165) is 80.0 Å². The Morgan fingerprint density at radius 1 is 1.11 bits per heavy atom. The molecule has 1 fully saturated rings. The Morgan fingerprint density at radius 3 is 2.49 bits per heavy atom. The summed E-state index contributed by atoms with van der Waals surface area (Å²) in [6.07, 6.45) is 3.89. The quantitative estimate of drug-likeness (QED) is 0.441. The molecule has 0 radical (unpaired) electrons. The van der Waals surface area contributed by atoms with Gasteiger partial charge in [0.05, 0.1) is 11.6 Å². The van der Waals surface area contributed by atoms with Crippen molar-refractivity contribution in [2.75, 3.05) is 50.7 Å². The van der Waals surface area contributed by atoms with E-state index < -0.39 is 6.04 Å². The summed E-state index contributed by atoms with van der Waals surface area (Å²) < 4.78 is 0. The van der Waals surface area contributed by atoms with Gasteiger partial charge in [-0.25, -0.2) is 4.98 Å². The van der Waals surface area contributed by atoms with Crippen molar-refractivity contribution in [3.63, 3.8) is 0 Å². The maximum absolute atomic E-state index is 12.7. The average Bonchev–Trinajstić information content (AvgIpc) is 2.89. The first kappa shape index (κ1) is 27.5. The molecule has 3 rings (SSSR count). The van der Waals surface area contributed by atoms with Gasteiger partial charge in [-0.15, -0.1) is 0 Å². The van der Waals surface area contributed by atoms with E-state index >= 15 is 0 Å². The minimum absolute atomic E-state index is 0.0731. The van der Waals surface area contributed by atoms with Crippen LogP contribution in [0.1, 0.15) is 52.5 Å². The van der Waals surface area contributed by atoms with Crippen molar-refractivity contribution in [3.05, 3.63) is 35.9 Å². The first-order chi connectivity index (χ1) is 16.9. The van der Waals surface area contributed by atoms with E-state index in [0.29, 0.717) is 13.1 Å². The number of carbonyl (C=O) groups excluding carboxylic acids is 1. The lowest BCUT2D eigenvalue weighted by molar-refractivity contribution is -0.134. The predicted molar refractivity (Wildman–Crippen MR) is 151 cm³/mol. The van der Waals surface area contributed by atoms with Crippen LogP contribution >= 0.6 is 12.2 Å². The Balaban J connectivity index is 1.55. The normalized spacial score (nSPS) is 16.1. The molecule has 35 heavy (non-hydrogen) atoms. The second kappa shape index (κ2) is 13.3. The molecule has 1 aromatic heterocycles. The molecule has 2 heterocycles. The average molecular weight is 498 g/mol. The molecule has 1 amide bonds. The second-order valence-corrected chi connectivity index (χ2v) is 10.3. The summed E-state index contributed by atoms with van der Waals surface area (Å²) in [5.41, 5.74) is 8.42. The lowest BCUT2D eigenvalue weighted by Crippen LogP contribution is -2.54. The van der Waals surface area contributed by atoms with Gasteiger partial charge in [-0.05, 0) is 73.1 Å². The summed E-state index contributed by atoms with van der Waals surface area (Å²) in [7, 11) is 0. The lowest BCUT2D eigenvalue weighted by Gasteiger charge is -2.37. The molecule has 192 valence electrons. The third kappa shape index (κ3) is 7.45. The van der Waals surface area contributed by atoms with Crippen LogP contribution in [0.4, 0.5) is 5.82 Å². The van der Waals surface area contributed by atoms with Crippen LogP contribution in [0.3, 0.4) is 0 Å². The fourth-order valence-corrected chi connectivity index (χ4v) is 4.98. The lowest BCUT2D eigenvalue weighted by atomic mass is 9.98. The molecular weight excluding hydrogens is 454 g/mol. The zero-order valence-corrected chi connectivity index (χ0v) is 22.8. The first-order valence-electron chi connectivity index (χ1n) is 13.3. The number of fused-ring (bicyclic) bond motifs is 1. The summed E-state index contributed by atoms with van der Waals surface area (Å²) in [4.78, 5) is 25.4. The number of thiocarbonyl (C=S) groups is 1. The highest BCUT2D eigenvalue weighted by Gasteiger charge is 2.28. The number of hydrogen-bond donors (Lipinski definition) is 1. The van der Waals surface area contributed by atoms with E-state index in [9.17, 15) is 4.79 Å². The molecule has 1 saturated heterocycles. The molecule has 6 nitrogen and oxygen atoms in total. The van der Waals surface area contributed by atoms with Gasteiger partial charge in [0.25, 0.3) is 0 Å². The van der Waals surface area contributed by atoms with E-state index in [1.807, 2.05) is 11.8 Å². The van der Waals surface area contributed by atoms with Gasteiger partial charge in [-0.2, -0.15) is 0 Å². The van der Waals surface area contributed by atoms with E-state index in [2.05, 4.69) is 60.9 Å². The van der Waals surface area contributed by atoms with Crippen LogP contribution in [0, 0.1) is 5.92 Å². The Morgan fingerprint density at radius 2 is 1.83 bits per heavy atom. The van der Waals surface area contributed by atoms with E-state index in [1.165, 1.54) is 5.56 Å². The number of anilines is 1. The van der Waals surface area contributed by atoms with Crippen LogP contribution in [-0.2, 0) is 11.2 Å². The van der Waals surface area contributed by atoms with E-state index in [1.54, 1.807) is 0 Å². The third-order valence-electron chi connectivity index (χ3n) is 7.42. The maximum atomic E-state index is 12.7. The molecule has 7 heteroatoms.